The van der Waals surface area contributed by atoms with Crippen LogP contribution in [-0.2, 0) is 16.1 Å². The van der Waals surface area contributed by atoms with Gasteiger partial charge in [0.25, 0.3) is 5.91 Å². The molecule has 10 heteroatoms. The van der Waals surface area contributed by atoms with Crippen LogP contribution in [0.3, 0.4) is 0 Å². The summed E-state index contributed by atoms with van der Waals surface area (Å²) in [6.45, 7) is 5.94. The topological polar surface area (TPSA) is 93.0 Å². The first-order valence-electron chi connectivity index (χ1n) is 12.2. The fourth-order valence-electron chi connectivity index (χ4n) is 3.44. The number of aromatic nitrogens is 1. The van der Waals surface area contributed by atoms with Gasteiger partial charge in [-0.1, -0.05) is 18.2 Å². The third kappa shape index (κ3) is 8.81. The molecule has 1 aromatic heterocycles. The van der Waals surface area contributed by atoms with Crippen LogP contribution in [0.1, 0.15) is 32.8 Å². The van der Waals surface area contributed by atoms with Crippen LogP contribution >= 0.6 is 11.9 Å². The third-order valence-corrected chi connectivity index (χ3v) is 6.12. The Morgan fingerprint density at radius 1 is 1.13 bits per heavy atom. The lowest BCUT2D eigenvalue weighted by molar-refractivity contribution is -0.123. The lowest BCUT2D eigenvalue weighted by Crippen LogP contribution is -2.33. The summed E-state index contributed by atoms with van der Waals surface area (Å²) in [6, 6.07) is 15.6. The van der Waals surface area contributed by atoms with Gasteiger partial charge in [0, 0.05) is 36.9 Å². The molecule has 2 N–H and O–H groups in total. The van der Waals surface area contributed by atoms with E-state index >= 15 is 0 Å². The van der Waals surface area contributed by atoms with Gasteiger partial charge in [-0.05, 0) is 81.1 Å². The highest BCUT2D eigenvalue weighted by Crippen LogP contribution is 2.33. The molecule has 0 aliphatic heterocycles. The Hall–Kier alpha value is -3.50. The molecule has 0 unspecified atom stereocenters. The number of halogens is 1. The molecule has 0 fully saturated rings. The van der Waals surface area contributed by atoms with E-state index in [1.165, 1.54) is 22.9 Å². The van der Waals surface area contributed by atoms with E-state index in [4.69, 9.17) is 14.6 Å². The molecule has 204 valence electrons. The van der Waals surface area contributed by atoms with Gasteiger partial charge < -0.3 is 24.8 Å². The number of carbonyl (C=O) groups excluding carboxylic acids is 2. The van der Waals surface area contributed by atoms with Crippen LogP contribution in [0.4, 0.5) is 9.18 Å². The highest BCUT2D eigenvalue weighted by atomic mass is 32.2. The smallest absolute Gasteiger partial charge is 0.410 e. The first kappa shape index (κ1) is 29.1. The summed E-state index contributed by atoms with van der Waals surface area (Å²) in [6.07, 6.45) is 1.89. The molecule has 3 aromatic rings. The second-order valence-corrected chi connectivity index (χ2v) is 10.7. The number of rotatable bonds is 11. The summed E-state index contributed by atoms with van der Waals surface area (Å²) in [4.78, 5) is 26.7. The minimum Gasteiger partial charge on any atom is -0.484 e. The van der Waals surface area contributed by atoms with E-state index in [0.29, 0.717) is 30.0 Å². The van der Waals surface area contributed by atoms with Gasteiger partial charge in [0.15, 0.2) is 6.61 Å². The molecule has 0 aliphatic carbocycles. The van der Waals surface area contributed by atoms with Gasteiger partial charge >= 0.3 is 6.09 Å². The molecule has 2 aromatic carbocycles. The number of ether oxygens (including phenoxy) is 2. The number of hydrogen-bond donors (Lipinski definition) is 2. The Kier molecular flexibility index (Phi) is 10.2. The molecule has 0 atom stereocenters. The van der Waals surface area contributed by atoms with Crippen LogP contribution < -0.4 is 10.1 Å². The minimum absolute atomic E-state index is 0.00761. The normalized spacial score (nSPS) is 11.2. The summed E-state index contributed by atoms with van der Waals surface area (Å²) in [5, 5.41) is 11.5. The molecule has 0 saturated carbocycles. The van der Waals surface area contributed by atoms with Crippen LogP contribution in [0.2, 0.25) is 0 Å². The van der Waals surface area contributed by atoms with Crippen molar-refractivity contribution in [3.05, 3.63) is 72.2 Å². The molecule has 1 heterocycles. The van der Waals surface area contributed by atoms with Gasteiger partial charge in [-0.2, -0.15) is 0 Å². The first-order valence-corrected chi connectivity index (χ1v) is 13.0. The average Bonchev–Trinajstić information content (AvgIpc) is 3.24. The van der Waals surface area contributed by atoms with Gasteiger partial charge in [0.2, 0.25) is 0 Å². The van der Waals surface area contributed by atoms with Gasteiger partial charge in [-0.3, -0.25) is 8.77 Å². The Morgan fingerprint density at radius 3 is 2.61 bits per heavy atom. The summed E-state index contributed by atoms with van der Waals surface area (Å²) >= 11 is 1.36. The maximum atomic E-state index is 14.8. The standard InChI is InChI=1S/C28H34FN3O5S/c1-28(2,3)37-27(35)31(4)17-20-15-25(23-11-5-6-12-24(23)29)32(18-20)38-22-10-7-9-21(16-22)36-19-26(34)30-13-8-14-33/h5-7,9-12,15-16,18,33H,8,13-14,17,19H2,1-4H3,(H,30,34). The molecule has 0 spiro atoms. The molecular formula is C28H34FN3O5S. The largest absolute Gasteiger partial charge is 0.484 e. The van der Waals surface area contributed by atoms with E-state index in [2.05, 4.69) is 5.32 Å². The van der Waals surface area contributed by atoms with Gasteiger partial charge in [0.1, 0.15) is 17.2 Å². The number of aliphatic hydroxyl groups is 1. The molecule has 0 bridgehead atoms. The number of benzene rings is 2. The number of nitrogens with zero attached hydrogens (tertiary/aromatic N) is 2. The van der Waals surface area contributed by atoms with Crippen molar-refractivity contribution in [2.45, 2.75) is 44.2 Å². The second-order valence-electron chi connectivity index (χ2n) is 9.66. The molecule has 8 nitrogen and oxygen atoms in total. The summed E-state index contributed by atoms with van der Waals surface area (Å²) in [5.41, 5.74) is 1.25. The van der Waals surface area contributed by atoms with E-state index < -0.39 is 11.7 Å². The lowest BCUT2D eigenvalue weighted by Gasteiger charge is -2.24. The molecule has 0 aliphatic rings. The fraction of sp³-hybridized carbons (Fsp3) is 0.357. The minimum atomic E-state index is -0.612. The lowest BCUT2D eigenvalue weighted by atomic mass is 10.1. The number of hydrogen-bond acceptors (Lipinski definition) is 6. The molecule has 0 saturated heterocycles. The molecule has 2 amide bonds. The monoisotopic (exact) mass is 543 g/mol. The van der Waals surface area contributed by atoms with E-state index in [1.807, 2.05) is 49.1 Å². The summed E-state index contributed by atoms with van der Waals surface area (Å²) < 4.78 is 27.7. The number of aliphatic hydroxyl groups excluding tert-OH is 1. The van der Waals surface area contributed by atoms with Crippen LogP contribution in [0.25, 0.3) is 11.3 Å². The number of carbonyl (C=O) groups is 2. The second kappa shape index (κ2) is 13.3. The maximum Gasteiger partial charge on any atom is 0.410 e. The van der Waals surface area contributed by atoms with Crippen molar-refractivity contribution in [1.82, 2.24) is 14.2 Å². The van der Waals surface area contributed by atoms with E-state index in [0.717, 1.165) is 10.5 Å². The van der Waals surface area contributed by atoms with E-state index in [9.17, 15) is 14.0 Å². The van der Waals surface area contributed by atoms with Crippen LogP contribution in [0, 0.1) is 5.82 Å². The zero-order chi connectivity index (χ0) is 27.7. The maximum absolute atomic E-state index is 14.8. The van der Waals surface area contributed by atoms with Crippen molar-refractivity contribution in [3.63, 3.8) is 0 Å². The van der Waals surface area contributed by atoms with Crippen LogP contribution in [0.5, 0.6) is 5.75 Å². The number of nitrogens with one attached hydrogen (secondary N) is 1. The van der Waals surface area contributed by atoms with Crippen molar-refractivity contribution in [3.8, 4) is 17.0 Å². The van der Waals surface area contributed by atoms with Crippen molar-refractivity contribution >= 4 is 23.9 Å². The van der Waals surface area contributed by atoms with Crippen molar-refractivity contribution in [2.75, 3.05) is 26.8 Å². The zero-order valence-corrected chi connectivity index (χ0v) is 22.9. The van der Waals surface area contributed by atoms with E-state index in [-0.39, 0.29) is 31.5 Å². The fourth-order valence-corrected chi connectivity index (χ4v) is 4.42. The number of amides is 2. The summed E-state index contributed by atoms with van der Waals surface area (Å²) in [7, 11) is 1.65. The van der Waals surface area contributed by atoms with Crippen molar-refractivity contribution in [2.24, 2.45) is 0 Å². The summed E-state index contributed by atoms with van der Waals surface area (Å²) in [5.74, 6) is -0.122. The first-order chi connectivity index (χ1) is 18.1. The average molecular weight is 544 g/mol. The van der Waals surface area contributed by atoms with Crippen molar-refractivity contribution < 1.29 is 28.6 Å². The molecule has 38 heavy (non-hydrogen) atoms. The highest BCUT2D eigenvalue weighted by molar-refractivity contribution is 7.98. The van der Waals surface area contributed by atoms with Gasteiger partial charge in [-0.25, -0.2) is 9.18 Å². The Bertz CT molecular complexity index is 1240. The molecule has 3 rings (SSSR count). The molecular weight excluding hydrogens is 509 g/mol. The predicted octanol–water partition coefficient (Wildman–Crippen LogP) is 5.09. The Morgan fingerprint density at radius 2 is 1.89 bits per heavy atom. The zero-order valence-electron chi connectivity index (χ0n) is 22.1. The van der Waals surface area contributed by atoms with Crippen molar-refractivity contribution in [1.29, 1.82) is 0 Å². The third-order valence-electron chi connectivity index (χ3n) is 5.15. The van der Waals surface area contributed by atoms with Gasteiger partial charge in [0.05, 0.1) is 12.2 Å². The predicted molar refractivity (Wildman–Crippen MR) is 145 cm³/mol. The molecule has 0 radical (unpaired) electrons. The Balaban J connectivity index is 1.79. The van der Waals surface area contributed by atoms with E-state index in [1.54, 1.807) is 37.4 Å². The SMILES string of the molecule is CN(Cc1cc(-c2ccccc2F)n(Sc2cccc(OCC(=O)NCCCO)c2)c1)C(=O)OC(C)(C)C. The van der Waals surface area contributed by atoms with Crippen LogP contribution in [-0.4, -0.2) is 58.4 Å². The highest BCUT2D eigenvalue weighted by Gasteiger charge is 2.21. The quantitative estimate of drug-likeness (QED) is 0.327. The van der Waals surface area contributed by atoms with Crippen LogP contribution in [0.15, 0.2) is 65.7 Å². The van der Waals surface area contributed by atoms with Gasteiger partial charge in [-0.15, -0.1) is 0 Å². The Labute approximate surface area is 226 Å².